The van der Waals surface area contributed by atoms with Gasteiger partial charge in [-0.2, -0.15) is 0 Å². The standard InChI is InChI=1S/C35H44AsBr2ClN6O3/c36-32-28(37)18-23(19-29(32)38)20-30(33(46)43-14-8-26(9-15-43)42-12-3-1-2-4-13-42)40-34(47)44-16-10-27(11-17-44)45-22-31(41-35(45)48)24-6-5-7-25(39)21-24/h5-7,18-19,21-22,26-27,30H,1-4,8-17,20,36H2,(H,40,47)(H,41,48)/t30-/m1/s1. The van der Waals surface area contributed by atoms with Gasteiger partial charge in [-0.15, -0.1) is 0 Å². The van der Waals surface area contributed by atoms with Crippen molar-refractivity contribution in [3.05, 3.63) is 72.6 Å². The molecular formula is C35H44AsBr2ClN6O3. The zero-order valence-electron chi connectivity index (χ0n) is 27.1. The van der Waals surface area contributed by atoms with Gasteiger partial charge in [0.1, 0.15) is 0 Å². The second-order valence-electron chi connectivity index (χ2n) is 13.3. The number of hydrogen-bond donors (Lipinski definition) is 2. The number of rotatable bonds is 7. The Morgan fingerprint density at radius 1 is 0.896 bits per heavy atom. The molecule has 1 aromatic heterocycles. The van der Waals surface area contributed by atoms with Gasteiger partial charge in [0.15, 0.2) is 0 Å². The first-order valence-electron chi connectivity index (χ1n) is 17.0. The van der Waals surface area contributed by atoms with Crippen LogP contribution in [0.2, 0.25) is 5.02 Å². The van der Waals surface area contributed by atoms with Gasteiger partial charge in [0, 0.05) is 16.8 Å². The molecule has 3 aromatic rings. The van der Waals surface area contributed by atoms with Crippen LogP contribution in [0.1, 0.15) is 63.0 Å². The zero-order chi connectivity index (χ0) is 33.8. The van der Waals surface area contributed by atoms with Crippen LogP contribution < -0.4 is 15.4 Å². The van der Waals surface area contributed by atoms with Gasteiger partial charge in [0.25, 0.3) is 0 Å². The zero-order valence-corrected chi connectivity index (χ0v) is 33.5. The maximum atomic E-state index is 14.1. The van der Waals surface area contributed by atoms with Crippen LogP contribution in [0.25, 0.3) is 11.3 Å². The first-order chi connectivity index (χ1) is 23.2. The molecule has 0 aliphatic carbocycles. The van der Waals surface area contributed by atoms with Crippen molar-refractivity contribution in [2.24, 2.45) is 0 Å². The van der Waals surface area contributed by atoms with Crippen molar-refractivity contribution in [2.45, 2.75) is 75.9 Å². The van der Waals surface area contributed by atoms with E-state index in [1.165, 1.54) is 42.5 Å². The fourth-order valence-electron chi connectivity index (χ4n) is 7.39. The van der Waals surface area contributed by atoms with E-state index in [1.807, 2.05) is 29.3 Å². The Morgan fingerprint density at radius 2 is 1.52 bits per heavy atom. The van der Waals surface area contributed by atoms with E-state index in [0.29, 0.717) is 56.5 Å². The van der Waals surface area contributed by atoms with Gasteiger partial charge < -0.3 is 4.98 Å². The molecule has 3 aliphatic heterocycles. The molecule has 4 heterocycles. The summed E-state index contributed by atoms with van der Waals surface area (Å²) in [5.41, 5.74) is 2.38. The molecule has 6 rings (SSSR count). The van der Waals surface area contributed by atoms with Crippen molar-refractivity contribution in [1.82, 2.24) is 29.6 Å². The normalized spacial score (nSPS) is 19.2. The van der Waals surface area contributed by atoms with Crippen molar-refractivity contribution < 1.29 is 9.59 Å². The van der Waals surface area contributed by atoms with Crippen molar-refractivity contribution in [3.8, 4) is 11.3 Å². The van der Waals surface area contributed by atoms with Crippen LogP contribution in [0.5, 0.6) is 0 Å². The Labute approximate surface area is 312 Å². The fourth-order valence-corrected chi connectivity index (χ4v) is 9.21. The molecule has 0 spiro atoms. The average molecular weight is 867 g/mol. The average Bonchev–Trinajstić information content (AvgIpc) is 3.28. The molecule has 13 heteroatoms. The molecule has 3 saturated heterocycles. The maximum absolute atomic E-state index is 14.1. The van der Waals surface area contributed by atoms with E-state index in [9.17, 15) is 14.4 Å². The molecule has 258 valence electrons. The number of hydrogen-bond acceptors (Lipinski definition) is 4. The fraction of sp³-hybridized carbons (Fsp3) is 0.514. The van der Waals surface area contributed by atoms with Gasteiger partial charge in [0.05, 0.1) is 5.69 Å². The Morgan fingerprint density at radius 3 is 2.17 bits per heavy atom. The van der Waals surface area contributed by atoms with Crippen molar-refractivity contribution in [2.75, 3.05) is 39.3 Å². The predicted molar refractivity (Wildman–Crippen MR) is 201 cm³/mol. The molecule has 2 atom stereocenters. The summed E-state index contributed by atoms with van der Waals surface area (Å²) < 4.78 is 4.87. The Bertz CT molecular complexity index is 1640. The molecule has 3 aliphatic rings. The van der Waals surface area contributed by atoms with Gasteiger partial charge >= 0.3 is 203 Å². The molecule has 3 fully saturated rings. The van der Waals surface area contributed by atoms with Gasteiger partial charge in [-0.05, 0) is 38.1 Å². The van der Waals surface area contributed by atoms with E-state index >= 15 is 0 Å². The van der Waals surface area contributed by atoms with Crippen molar-refractivity contribution in [3.63, 3.8) is 0 Å². The number of nitrogens with zero attached hydrogens (tertiary/aromatic N) is 4. The molecule has 0 radical (unpaired) electrons. The molecule has 1 unspecified atom stereocenters. The predicted octanol–water partition coefficient (Wildman–Crippen LogP) is 5.11. The summed E-state index contributed by atoms with van der Waals surface area (Å²) in [7, 11) is 0. The second-order valence-corrected chi connectivity index (χ2v) is 16.7. The third-order valence-electron chi connectivity index (χ3n) is 10.1. The molecule has 9 nitrogen and oxygen atoms in total. The summed E-state index contributed by atoms with van der Waals surface area (Å²) >= 11 is 15.0. The molecule has 2 N–H and O–H groups in total. The number of nitrogens with one attached hydrogen (secondary N) is 2. The van der Waals surface area contributed by atoms with E-state index in [1.54, 1.807) is 15.5 Å². The van der Waals surface area contributed by atoms with E-state index in [4.69, 9.17) is 11.6 Å². The topological polar surface area (TPSA) is 93.7 Å². The summed E-state index contributed by atoms with van der Waals surface area (Å²) in [6.07, 6.45) is 10.6. The number of piperidine rings is 2. The molecule has 0 bridgehead atoms. The number of amides is 3. The summed E-state index contributed by atoms with van der Waals surface area (Å²) in [4.78, 5) is 50.1. The van der Waals surface area contributed by atoms with Crippen LogP contribution in [0.4, 0.5) is 4.79 Å². The van der Waals surface area contributed by atoms with Crippen LogP contribution in [0.3, 0.4) is 0 Å². The minimum absolute atomic E-state index is 0.0167. The quantitative estimate of drug-likeness (QED) is 0.324. The Balaban J connectivity index is 1.11. The number of aromatic nitrogens is 2. The van der Waals surface area contributed by atoms with Crippen LogP contribution in [0.15, 0.2) is 56.3 Å². The van der Waals surface area contributed by atoms with E-state index in [0.717, 1.165) is 56.0 Å². The van der Waals surface area contributed by atoms with Crippen LogP contribution in [-0.4, -0.2) is 104 Å². The van der Waals surface area contributed by atoms with Crippen LogP contribution in [-0.2, 0) is 11.2 Å². The minimum atomic E-state index is -0.676. The van der Waals surface area contributed by atoms with Crippen LogP contribution >= 0.6 is 43.5 Å². The van der Waals surface area contributed by atoms with E-state index in [-0.39, 0.29) is 23.7 Å². The molecule has 2 aromatic carbocycles. The number of halogens is 3. The molecule has 0 saturated carbocycles. The molecular weight excluding hydrogens is 823 g/mol. The number of benzene rings is 2. The second kappa shape index (κ2) is 16.3. The summed E-state index contributed by atoms with van der Waals surface area (Å²) in [6, 6.07) is 11.1. The van der Waals surface area contributed by atoms with Gasteiger partial charge in [-0.1, -0.05) is 36.6 Å². The van der Waals surface area contributed by atoms with Gasteiger partial charge in [-0.3, -0.25) is 4.57 Å². The molecule has 3 amide bonds. The number of likely N-dealkylation sites (tertiary alicyclic amines) is 3. The summed E-state index contributed by atoms with van der Waals surface area (Å²) in [5.74, 6) is -0.0167. The Hall–Kier alpha value is -2.04. The molecule has 48 heavy (non-hydrogen) atoms. The first-order valence-corrected chi connectivity index (χ1v) is 20.2. The summed E-state index contributed by atoms with van der Waals surface area (Å²) in [5, 5.41) is 3.75. The third kappa shape index (κ3) is 8.63. The SMILES string of the molecule is O=C(N[C@H](Cc1cc(Br)c([AsH2])c(Br)c1)C(=O)N1CCC(N2CCCCCC2)CC1)N1CCC(n2cc(-c3cccc(Cl)c3)[nH]c2=O)CC1. The van der Waals surface area contributed by atoms with Crippen molar-refractivity contribution >= 4 is 76.6 Å². The number of H-pyrrole nitrogens is 1. The van der Waals surface area contributed by atoms with Gasteiger partial charge in [-0.25, -0.2) is 4.79 Å². The number of aromatic amines is 1. The van der Waals surface area contributed by atoms with Crippen LogP contribution in [0, 0.1) is 0 Å². The van der Waals surface area contributed by atoms with E-state index in [2.05, 4.69) is 59.2 Å². The number of imidazole rings is 1. The first kappa shape index (κ1) is 35.8. The number of carbonyl (C=O) groups is 2. The van der Waals surface area contributed by atoms with E-state index < -0.39 is 6.04 Å². The number of carbonyl (C=O) groups excluding carboxylic acids is 2. The number of urea groups is 1. The Kier molecular flexibility index (Phi) is 12.2. The van der Waals surface area contributed by atoms with Gasteiger partial charge in [0.2, 0.25) is 0 Å². The van der Waals surface area contributed by atoms with Crippen molar-refractivity contribution in [1.29, 1.82) is 0 Å². The third-order valence-corrected chi connectivity index (χ3v) is 14.8. The summed E-state index contributed by atoms with van der Waals surface area (Å²) in [6.45, 7) is 4.73. The monoisotopic (exact) mass is 864 g/mol.